The smallest absolute Gasteiger partial charge is 0.304 e. The third-order valence-corrected chi connectivity index (χ3v) is 5.89. The van der Waals surface area contributed by atoms with E-state index in [1.807, 2.05) is 0 Å². The maximum Gasteiger partial charge on any atom is 0.304 e. The Hall–Kier alpha value is -2.67. The standard InChI is InChI=1S/C23H24F2O5/c1-22(2,28)23(24,25)18-5-3-4-17-16(18)8-9-19(17)30-14-6-7-15-13(10-21(26)27)12-29-20(15)11-14/h3-7,11,13,19,28H,8-10,12H2,1-2H3,(H,26,27)/t13-,19-/m1/s1. The number of aliphatic carboxylic acids is 1. The van der Waals surface area contributed by atoms with Crippen molar-refractivity contribution in [2.24, 2.45) is 0 Å². The topological polar surface area (TPSA) is 76.0 Å². The summed E-state index contributed by atoms with van der Waals surface area (Å²) in [5.74, 6) is -3.31. The van der Waals surface area contributed by atoms with Gasteiger partial charge in [-0.1, -0.05) is 24.3 Å². The largest absolute Gasteiger partial charge is 0.492 e. The highest BCUT2D eigenvalue weighted by Crippen LogP contribution is 2.46. The van der Waals surface area contributed by atoms with Crippen LogP contribution in [0.15, 0.2) is 36.4 Å². The summed E-state index contributed by atoms with van der Waals surface area (Å²) in [6.07, 6.45) is 0.603. The van der Waals surface area contributed by atoms with Crippen LogP contribution in [0.3, 0.4) is 0 Å². The number of carboxylic acids is 1. The van der Waals surface area contributed by atoms with Crippen LogP contribution in [-0.2, 0) is 17.1 Å². The fraction of sp³-hybridized carbons (Fsp3) is 0.435. The van der Waals surface area contributed by atoms with Crippen molar-refractivity contribution in [1.82, 2.24) is 0 Å². The molecule has 0 saturated carbocycles. The number of hydrogen-bond donors (Lipinski definition) is 2. The third kappa shape index (κ3) is 3.51. The van der Waals surface area contributed by atoms with Gasteiger partial charge in [-0.25, -0.2) is 0 Å². The number of halogens is 2. The molecule has 5 nitrogen and oxygen atoms in total. The van der Waals surface area contributed by atoms with Crippen LogP contribution in [0.4, 0.5) is 8.78 Å². The van der Waals surface area contributed by atoms with Crippen LogP contribution < -0.4 is 9.47 Å². The number of aliphatic hydroxyl groups is 1. The summed E-state index contributed by atoms with van der Waals surface area (Å²) in [5, 5.41) is 19.0. The van der Waals surface area contributed by atoms with E-state index in [0.29, 0.717) is 42.1 Å². The second-order valence-electron chi connectivity index (χ2n) is 8.46. The molecule has 0 bridgehead atoms. The molecular formula is C23H24F2O5. The lowest BCUT2D eigenvalue weighted by atomic mass is 9.89. The number of alkyl halides is 2. The number of benzene rings is 2. The van der Waals surface area contributed by atoms with E-state index in [0.717, 1.165) is 19.4 Å². The van der Waals surface area contributed by atoms with E-state index in [9.17, 15) is 18.7 Å². The molecule has 0 fully saturated rings. The third-order valence-electron chi connectivity index (χ3n) is 5.89. The highest BCUT2D eigenvalue weighted by molar-refractivity contribution is 5.68. The van der Waals surface area contributed by atoms with Gasteiger partial charge in [0.2, 0.25) is 0 Å². The maximum atomic E-state index is 14.8. The molecule has 7 heteroatoms. The number of rotatable bonds is 6. The molecule has 2 aromatic carbocycles. The van der Waals surface area contributed by atoms with Crippen molar-refractivity contribution in [2.75, 3.05) is 6.61 Å². The van der Waals surface area contributed by atoms with Gasteiger partial charge >= 0.3 is 11.9 Å². The molecule has 2 aromatic rings. The Morgan fingerprint density at radius 3 is 2.70 bits per heavy atom. The zero-order valence-corrected chi connectivity index (χ0v) is 16.8. The minimum Gasteiger partial charge on any atom is -0.492 e. The zero-order valence-electron chi connectivity index (χ0n) is 16.8. The van der Waals surface area contributed by atoms with E-state index in [1.54, 1.807) is 30.3 Å². The van der Waals surface area contributed by atoms with E-state index < -0.39 is 17.5 Å². The van der Waals surface area contributed by atoms with Gasteiger partial charge in [-0.3, -0.25) is 4.79 Å². The SMILES string of the molecule is CC(C)(O)C(F)(F)c1cccc2c1CC[C@H]2Oc1ccc2c(c1)OC[C@H]2CC(=O)O. The molecule has 2 aliphatic rings. The first-order chi connectivity index (χ1) is 14.1. The first kappa shape index (κ1) is 20.6. The molecule has 2 N–H and O–H groups in total. The van der Waals surface area contributed by atoms with Crippen LogP contribution in [0.5, 0.6) is 11.5 Å². The average molecular weight is 418 g/mol. The molecule has 2 atom stereocenters. The first-order valence-corrected chi connectivity index (χ1v) is 9.95. The summed E-state index contributed by atoms with van der Waals surface area (Å²) in [6.45, 7) is 2.53. The Balaban J connectivity index is 1.57. The van der Waals surface area contributed by atoms with Crippen LogP contribution in [0, 0.1) is 0 Å². The van der Waals surface area contributed by atoms with Crippen molar-refractivity contribution >= 4 is 5.97 Å². The first-order valence-electron chi connectivity index (χ1n) is 9.95. The van der Waals surface area contributed by atoms with Crippen LogP contribution in [0.1, 0.15) is 61.0 Å². The molecule has 1 aliphatic carbocycles. The molecular weight excluding hydrogens is 394 g/mol. The fourth-order valence-corrected chi connectivity index (χ4v) is 4.24. The lowest BCUT2D eigenvalue weighted by Gasteiger charge is -2.31. The molecule has 0 amide bonds. The van der Waals surface area contributed by atoms with Crippen LogP contribution >= 0.6 is 0 Å². The highest BCUT2D eigenvalue weighted by Gasteiger charge is 2.49. The second kappa shape index (κ2) is 7.23. The number of carbonyl (C=O) groups is 1. The minimum absolute atomic E-state index is 0.00139. The Kier molecular flexibility index (Phi) is 4.97. The van der Waals surface area contributed by atoms with Gasteiger partial charge in [0, 0.05) is 23.1 Å². The van der Waals surface area contributed by atoms with E-state index in [-0.39, 0.29) is 24.0 Å². The lowest BCUT2D eigenvalue weighted by Crippen LogP contribution is -2.40. The van der Waals surface area contributed by atoms with E-state index >= 15 is 0 Å². The summed E-state index contributed by atoms with van der Waals surface area (Å²) in [6, 6.07) is 10.0. The van der Waals surface area contributed by atoms with Crippen molar-refractivity contribution in [1.29, 1.82) is 0 Å². The normalized spacial score (nSPS) is 20.4. The Labute approximate surface area is 173 Å². The maximum absolute atomic E-state index is 14.8. The average Bonchev–Trinajstić information content (AvgIpc) is 3.24. The molecule has 1 aliphatic heterocycles. The molecule has 30 heavy (non-hydrogen) atoms. The molecule has 4 rings (SSSR count). The molecule has 1 heterocycles. The van der Waals surface area contributed by atoms with Crippen molar-refractivity contribution in [2.45, 2.75) is 56.7 Å². The van der Waals surface area contributed by atoms with Gasteiger partial charge in [0.1, 0.15) is 23.2 Å². The summed E-state index contributed by atoms with van der Waals surface area (Å²) in [5.41, 5.74) is -0.281. The summed E-state index contributed by atoms with van der Waals surface area (Å²) in [7, 11) is 0. The quantitative estimate of drug-likeness (QED) is 0.719. The van der Waals surface area contributed by atoms with E-state index in [4.69, 9.17) is 14.6 Å². The minimum atomic E-state index is -3.38. The molecule has 0 unspecified atom stereocenters. The molecule has 0 spiro atoms. The Morgan fingerprint density at radius 2 is 2.00 bits per heavy atom. The van der Waals surface area contributed by atoms with Crippen molar-refractivity contribution in [3.05, 3.63) is 58.7 Å². The lowest BCUT2D eigenvalue weighted by molar-refractivity contribution is -0.169. The molecule has 0 aromatic heterocycles. The summed E-state index contributed by atoms with van der Waals surface area (Å²) < 4.78 is 41.3. The zero-order chi connectivity index (χ0) is 21.7. The summed E-state index contributed by atoms with van der Waals surface area (Å²) >= 11 is 0. The van der Waals surface area contributed by atoms with Crippen LogP contribution in [-0.4, -0.2) is 28.4 Å². The highest BCUT2D eigenvalue weighted by atomic mass is 19.3. The van der Waals surface area contributed by atoms with Gasteiger partial charge < -0.3 is 19.7 Å². The number of fused-ring (bicyclic) bond motifs is 2. The monoisotopic (exact) mass is 418 g/mol. The van der Waals surface area contributed by atoms with Crippen LogP contribution in [0.2, 0.25) is 0 Å². The number of ether oxygens (including phenoxy) is 2. The van der Waals surface area contributed by atoms with Gasteiger partial charge in [0.25, 0.3) is 0 Å². The number of carboxylic acid groups (broad SMARTS) is 1. The van der Waals surface area contributed by atoms with Gasteiger partial charge in [-0.15, -0.1) is 0 Å². The van der Waals surface area contributed by atoms with E-state index in [1.165, 1.54) is 6.07 Å². The Morgan fingerprint density at radius 1 is 1.23 bits per heavy atom. The van der Waals surface area contributed by atoms with Gasteiger partial charge in [0.15, 0.2) is 0 Å². The molecule has 160 valence electrons. The fourth-order valence-electron chi connectivity index (χ4n) is 4.24. The number of hydrogen-bond acceptors (Lipinski definition) is 4. The van der Waals surface area contributed by atoms with Crippen molar-refractivity contribution < 1.29 is 33.3 Å². The van der Waals surface area contributed by atoms with Crippen molar-refractivity contribution in [3.63, 3.8) is 0 Å². The van der Waals surface area contributed by atoms with E-state index in [2.05, 4.69) is 0 Å². The Bertz CT molecular complexity index is 980. The van der Waals surface area contributed by atoms with Crippen LogP contribution in [0.25, 0.3) is 0 Å². The molecule has 0 radical (unpaired) electrons. The predicted molar refractivity (Wildman–Crippen MR) is 105 cm³/mol. The second-order valence-corrected chi connectivity index (χ2v) is 8.46. The van der Waals surface area contributed by atoms with Gasteiger partial charge in [0.05, 0.1) is 13.0 Å². The summed E-state index contributed by atoms with van der Waals surface area (Å²) in [4.78, 5) is 11.0. The van der Waals surface area contributed by atoms with Gasteiger partial charge in [-0.2, -0.15) is 8.78 Å². The van der Waals surface area contributed by atoms with Gasteiger partial charge in [-0.05, 0) is 43.9 Å². The van der Waals surface area contributed by atoms with Crippen molar-refractivity contribution in [3.8, 4) is 11.5 Å². The molecule has 0 saturated heterocycles. The predicted octanol–water partition coefficient (Wildman–Crippen LogP) is 4.57.